The molecule has 1 fully saturated rings. The number of unbranched alkanes of at least 4 members (excludes halogenated alkanes) is 1. The van der Waals surface area contributed by atoms with Gasteiger partial charge in [0, 0.05) is 48.8 Å². The Morgan fingerprint density at radius 1 is 0.978 bits per heavy atom. The van der Waals surface area contributed by atoms with Crippen LogP contribution in [0, 0.1) is 18.3 Å². The summed E-state index contributed by atoms with van der Waals surface area (Å²) in [5.74, 6) is -0.231. The van der Waals surface area contributed by atoms with Gasteiger partial charge in [0.05, 0.1) is 28.7 Å². The van der Waals surface area contributed by atoms with Crippen molar-refractivity contribution in [2.45, 2.75) is 38.0 Å². The molecule has 0 spiro atoms. The molecule has 0 unspecified atom stereocenters. The van der Waals surface area contributed by atoms with Gasteiger partial charge in [-0.2, -0.15) is 5.26 Å². The summed E-state index contributed by atoms with van der Waals surface area (Å²) < 4.78 is 39.2. The summed E-state index contributed by atoms with van der Waals surface area (Å²) in [5, 5.41) is 11.2. The lowest BCUT2D eigenvalue weighted by Gasteiger charge is -2.36. The molecule has 0 N–H and O–H groups in total. The molecule has 3 heterocycles. The molecule has 5 aromatic rings. The van der Waals surface area contributed by atoms with E-state index < -0.39 is 16.0 Å². The molecule has 6 rings (SSSR count). The summed E-state index contributed by atoms with van der Waals surface area (Å²) in [6, 6.07) is 22.0. The van der Waals surface area contributed by atoms with Crippen LogP contribution in [-0.4, -0.2) is 62.6 Å². The van der Waals surface area contributed by atoms with Gasteiger partial charge in [-0.3, -0.25) is 4.90 Å². The van der Waals surface area contributed by atoms with E-state index in [4.69, 9.17) is 9.15 Å². The first kappa shape index (κ1) is 33.1. The fourth-order valence-corrected chi connectivity index (χ4v) is 7.36. The summed E-state index contributed by atoms with van der Waals surface area (Å²) in [7, 11) is -3.78. The highest BCUT2D eigenvalue weighted by Gasteiger charge is 2.22. The number of hydrogen-bond acceptors (Lipinski definition) is 8. The largest absolute Gasteiger partial charge is 0.460 e. The molecule has 0 amide bonds. The quantitative estimate of drug-likeness (QED) is 0.123. The Balaban J connectivity index is 0.00000417. The number of anilines is 1. The van der Waals surface area contributed by atoms with Crippen LogP contribution in [0.1, 0.15) is 47.0 Å². The number of furan rings is 1. The fraction of sp³-hybridized carbons (Fsp3) is 0.314. The molecule has 1 aliphatic rings. The standard InChI is InChI=1S/C35H36N4O5S.ClH/c1-3-43-35(40)34-22-28-21-29(10-14-33(28)44-34)38-18-16-37(17-19-38)15-5-4-6-27-24-39(32-13-9-26(23-36)20-31(27)32)45(41,42)30-11-7-25(2)8-12-30;/h7-14,20-22,24H,3-6,15-19H2,1-2H3;1H. The van der Waals surface area contributed by atoms with Gasteiger partial charge in [-0.15, -0.1) is 12.4 Å². The third-order valence-electron chi connectivity index (χ3n) is 8.44. The molecule has 46 heavy (non-hydrogen) atoms. The lowest BCUT2D eigenvalue weighted by Crippen LogP contribution is -2.46. The summed E-state index contributed by atoms with van der Waals surface area (Å²) in [6.45, 7) is 8.64. The van der Waals surface area contributed by atoms with E-state index in [1.165, 1.54) is 3.97 Å². The number of nitrogens with zero attached hydrogens (tertiary/aromatic N) is 4. The third-order valence-corrected chi connectivity index (χ3v) is 10.1. The van der Waals surface area contributed by atoms with Gasteiger partial charge in [0.2, 0.25) is 5.76 Å². The number of fused-ring (bicyclic) bond motifs is 2. The average molecular weight is 661 g/mol. The Kier molecular flexibility index (Phi) is 10.1. The maximum atomic E-state index is 13.6. The second-order valence-corrected chi connectivity index (χ2v) is 13.3. The highest BCUT2D eigenvalue weighted by Crippen LogP contribution is 2.29. The van der Waals surface area contributed by atoms with Crippen molar-refractivity contribution in [3.05, 3.63) is 95.4 Å². The van der Waals surface area contributed by atoms with Crippen LogP contribution in [0.5, 0.6) is 0 Å². The van der Waals surface area contributed by atoms with E-state index in [0.717, 1.165) is 79.6 Å². The molecule has 0 aliphatic carbocycles. The molecule has 2 aromatic heterocycles. The topological polar surface area (TPSA) is 109 Å². The van der Waals surface area contributed by atoms with Crippen LogP contribution in [0.15, 0.2) is 82.2 Å². The van der Waals surface area contributed by atoms with Gasteiger partial charge in [-0.1, -0.05) is 17.7 Å². The first-order valence-electron chi connectivity index (χ1n) is 15.3. The van der Waals surface area contributed by atoms with Crippen molar-refractivity contribution in [2.75, 3.05) is 44.2 Å². The molecule has 9 nitrogen and oxygen atoms in total. The van der Waals surface area contributed by atoms with Crippen LogP contribution in [0.4, 0.5) is 5.69 Å². The zero-order chi connectivity index (χ0) is 31.6. The van der Waals surface area contributed by atoms with E-state index in [1.54, 1.807) is 61.7 Å². The average Bonchev–Trinajstić information content (AvgIpc) is 3.65. The van der Waals surface area contributed by atoms with Gasteiger partial charge in [0.15, 0.2) is 0 Å². The molecule has 0 radical (unpaired) electrons. The van der Waals surface area contributed by atoms with Crippen molar-refractivity contribution in [2.24, 2.45) is 0 Å². The van der Waals surface area contributed by atoms with Gasteiger partial charge in [0.1, 0.15) is 5.58 Å². The number of rotatable bonds is 10. The first-order valence-corrected chi connectivity index (χ1v) is 16.7. The number of aryl methyl sites for hydroxylation is 2. The monoisotopic (exact) mass is 660 g/mol. The molecular weight excluding hydrogens is 624 g/mol. The summed E-state index contributed by atoms with van der Waals surface area (Å²) in [5.41, 5.74) is 4.80. The van der Waals surface area contributed by atoms with E-state index >= 15 is 0 Å². The molecule has 1 saturated heterocycles. The normalized spacial score (nSPS) is 13.9. The number of hydrogen-bond donors (Lipinski definition) is 0. The Hall–Kier alpha value is -4.30. The van der Waals surface area contributed by atoms with Crippen molar-refractivity contribution in [3.63, 3.8) is 0 Å². The maximum Gasteiger partial charge on any atom is 0.374 e. The van der Waals surface area contributed by atoms with Crippen molar-refractivity contribution >= 4 is 56.0 Å². The summed E-state index contributed by atoms with van der Waals surface area (Å²) in [4.78, 5) is 17.1. The van der Waals surface area contributed by atoms with Crippen LogP contribution in [0.25, 0.3) is 21.9 Å². The van der Waals surface area contributed by atoms with Crippen LogP contribution in [0.2, 0.25) is 0 Å². The Morgan fingerprint density at radius 2 is 1.74 bits per heavy atom. The number of benzene rings is 3. The predicted molar refractivity (Wildman–Crippen MR) is 181 cm³/mol. The molecule has 0 bridgehead atoms. The smallest absolute Gasteiger partial charge is 0.374 e. The second-order valence-electron chi connectivity index (χ2n) is 11.5. The van der Waals surface area contributed by atoms with E-state index in [-0.39, 0.29) is 23.1 Å². The Labute approximate surface area is 275 Å². The van der Waals surface area contributed by atoms with E-state index in [1.807, 2.05) is 19.1 Å². The van der Waals surface area contributed by atoms with Crippen LogP contribution in [-0.2, 0) is 21.2 Å². The zero-order valence-corrected chi connectivity index (χ0v) is 27.6. The van der Waals surface area contributed by atoms with E-state index in [9.17, 15) is 18.5 Å². The van der Waals surface area contributed by atoms with Crippen LogP contribution >= 0.6 is 12.4 Å². The lowest BCUT2D eigenvalue weighted by atomic mass is 10.1. The molecule has 0 atom stereocenters. The van der Waals surface area contributed by atoms with Gasteiger partial charge >= 0.3 is 5.97 Å². The van der Waals surface area contributed by atoms with Crippen LogP contribution in [0.3, 0.4) is 0 Å². The summed E-state index contributed by atoms with van der Waals surface area (Å²) >= 11 is 0. The SMILES string of the molecule is CCOC(=O)c1cc2cc(N3CCN(CCCCc4cn(S(=O)(=O)c5ccc(C)cc5)c5ccc(C#N)cc45)CC3)ccc2o1.Cl. The molecule has 240 valence electrons. The van der Waals surface area contributed by atoms with Crippen molar-refractivity contribution < 1.29 is 22.4 Å². The van der Waals surface area contributed by atoms with Gasteiger partial charge in [-0.25, -0.2) is 17.2 Å². The van der Waals surface area contributed by atoms with Crippen molar-refractivity contribution in [1.29, 1.82) is 5.26 Å². The van der Waals surface area contributed by atoms with Gasteiger partial charge in [0.25, 0.3) is 10.0 Å². The third kappa shape index (κ3) is 6.77. The minimum Gasteiger partial charge on any atom is -0.460 e. The molecule has 3 aromatic carbocycles. The number of carbonyl (C=O) groups is 1. The van der Waals surface area contributed by atoms with E-state index in [0.29, 0.717) is 23.3 Å². The second kappa shape index (κ2) is 14.0. The Morgan fingerprint density at radius 3 is 2.46 bits per heavy atom. The molecule has 0 saturated carbocycles. The number of nitriles is 1. The fourth-order valence-electron chi connectivity index (χ4n) is 5.97. The number of carbonyl (C=O) groups excluding carboxylic acids is 1. The molecule has 11 heteroatoms. The van der Waals surface area contributed by atoms with Crippen LogP contribution < -0.4 is 4.90 Å². The Bertz CT molecular complexity index is 2000. The number of ether oxygens (including phenoxy) is 1. The number of halogens is 1. The van der Waals surface area contributed by atoms with Crippen molar-refractivity contribution in [3.8, 4) is 6.07 Å². The highest BCUT2D eigenvalue weighted by molar-refractivity contribution is 7.90. The van der Waals surface area contributed by atoms with Crippen molar-refractivity contribution in [1.82, 2.24) is 8.87 Å². The minimum atomic E-state index is -3.78. The van der Waals surface area contributed by atoms with E-state index in [2.05, 4.69) is 21.9 Å². The lowest BCUT2D eigenvalue weighted by molar-refractivity contribution is 0.0492. The molecular formula is C35H37ClN4O5S. The number of piperazine rings is 1. The predicted octanol–water partition coefficient (Wildman–Crippen LogP) is 6.55. The zero-order valence-electron chi connectivity index (χ0n) is 25.9. The number of aromatic nitrogens is 1. The maximum absolute atomic E-state index is 13.6. The molecule has 1 aliphatic heterocycles. The number of esters is 1. The summed E-state index contributed by atoms with van der Waals surface area (Å²) in [6.07, 6.45) is 4.33. The van der Waals surface area contributed by atoms with Gasteiger partial charge in [-0.05, 0) is 99.8 Å². The first-order chi connectivity index (χ1) is 21.8. The highest BCUT2D eigenvalue weighted by atomic mass is 35.5. The van der Waals surface area contributed by atoms with Gasteiger partial charge < -0.3 is 14.1 Å². The minimum absolute atomic E-state index is 0.